The number of carbonyl (C=O) groups excluding carboxylic acids is 1. The van der Waals surface area contributed by atoms with Crippen LogP contribution in [0.1, 0.15) is 49.8 Å². The Kier molecular flexibility index (Phi) is 7.91. The van der Waals surface area contributed by atoms with E-state index in [4.69, 9.17) is 0 Å². The number of benzene rings is 3. The number of halogens is 1. The Balaban J connectivity index is 1.47. The molecule has 0 bridgehead atoms. The van der Waals surface area contributed by atoms with Gasteiger partial charge < -0.3 is 4.90 Å². The van der Waals surface area contributed by atoms with Crippen LogP contribution in [0, 0.1) is 5.82 Å². The molecule has 2 atom stereocenters. The third-order valence-electron chi connectivity index (χ3n) is 7.26. The molecule has 0 spiro atoms. The first-order valence-electron chi connectivity index (χ1n) is 12.3. The number of nitrogens with zero attached hydrogens (tertiary/aromatic N) is 1. The van der Waals surface area contributed by atoms with E-state index in [9.17, 15) is 17.6 Å². The van der Waals surface area contributed by atoms with Crippen molar-refractivity contribution in [3.63, 3.8) is 0 Å². The van der Waals surface area contributed by atoms with Gasteiger partial charge >= 0.3 is 0 Å². The number of likely N-dealkylation sites (tertiary alicyclic amines) is 1. The molecule has 1 aliphatic rings. The lowest BCUT2D eigenvalue weighted by molar-refractivity contribution is -0.138. The molecule has 0 saturated carbocycles. The summed E-state index contributed by atoms with van der Waals surface area (Å²) in [6.45, 7) is 3.05. The van der Waals surface area contributed by atoms with Crippen molar-refractivity contribution in [3.05, 3.63) is 95.8 Å². The standard InChI is InChI=1S/C29H33FN2O3S/c1-22(23-9-11-24(12-10-23)25-13-15-27(30)16-14-25)32-20-18-29(21-28(32)33,26-7-4-3-5-8-26)17-6-19-31-36(2,34)35/h3-5,7-16,22,31H,6,17-21H2,1-2H3/t22-,29?/m0/s1. The molecule has 7 heteroatoms. The van der Waals surface area contributed by atoms with Crippen LogP contribution in [0.3, 0.4) is 0 Å². The van der Waals surface area contributed by atoms with Crippen LogP contribution >= 0.6 is 0 Å². The van der Waals surface area contributed by atoms with Crippen molar-refractivity contribution in [1.82, 2.24) is 9.62 Å². The zero-order chi connectivity index (χ0) is 25.8. The van der Waals surface area contributed by atoms with Gasteiger partial charge in [0.2, 0.25) is 15.9 Å². The molecule has 1 saturated heterocycles. The summed E-state index contributed by atoms with van der Waals surface area (Å²) >= 11 is 0. The van der Waals surface area contributed by atoms with Crippen LogP contribution in [0.2, 0.25) is 0 Å². The zero-order valence-electron chi connectivity index (χ0n) is 20.8. The zero-order valence-corrected chi connectivity index (χ0v) is 21.6. The van der Waals surface area contributed by atoms with Gasteiger partial charge in [-0.15, -0.1) is 0 Å². The van der Waals surface area contributed by atoms with Crippen LogP contribution in [0.15, 0.2) is 78.9 Å². The van der Waals surface area contributed by atoms with Gasteiger partial charge in [-0.25, -0.2) is 17.5 Å². The molecule has 1 fully saturated rings. The molecule has 190 valence electrons. The molecule has 0 radical (unpaired) electrons. The maximum absolute atomic E-state index is 13.5. The average Bonchev–Trinajstić information content (AvgIpc) is 2.87. The van der Waals surface area contributed by atoms with Gasteiger partial charge in [-0.3, -0.25) is 4.79 Å². The van der Waals surface area contributed by atoms with Crippen molar-refractivity contribution < 1.29 is 17.6 Å². The van der Waals surface area contributed by atoms with Crippen LogP contribution in [-0.4, -0.2) is 38.6 Å². The minimum absolute atomic E-state index is 0.0690. The SMILES string of the molecule is C[C@@H](c1ccc(-c2ccc(F)cc2)cc1)N1CCC(CCCNS(C)(=O)=O)(c2ccccc2)CC1=O. The molecule has 1 aliphatic heterocycles. The summed E-state index contributed by atoms with van der Waals surface area (Å²) in [7, 11) is -3.24. The Morgan fingerprint density at radius 2 is 1.58 bits per heavy atom. The van der Waals surface area contributed by atoms with Crippen molar-refractivity contribution >= 4 is 15.9 Å². The van der Waals surface area contributed by atoms with E-state index in [1.165, 1.54) is 12.1 Å². The minimum atomic E-state index is -3.24. The highest BCUT2D eigenvalue weighted by Gasteiger charge is 2.41. The van der Waals surface area contributed by atoms with Gasteiger partial charge in [0, 0.05) is 24.9 Å². The molecular weight excluding hydrogens is 475 g/mol. The summed E-state index contributed by atoms with van der Waals surface area (Å²) in [5.74, 6) is -0.151. The highest BCUT2D eigenvalue weighted by Crippen LogP contribution is 2.42. The van der Waals surface area contributed by atoms with Crippen molar-refractivity contribution in [1.29, 1.82) is 0 Å². The number of sulfonamides is 1. The molecule has 0 aromatic heterocycles. The van der Waals surface area contributed by atoms with E-state index in [0.717, 1.165) is 41.4 Å². The lowest BCUT2D eigenvalue weighted by Gasteiger charge is -2.44. The van der Waals surface area contributed by atoms with Gasteiger partial charge in [-0.2, -0.15) is 0 Å². The van der Waals surface area contributed by atoms with Gasteiger partial charge in [-0.1, -0.05) is 66.7 Å². The fourth-order valence-electron chi connectivity index (χ4n) is 5.20. The van der Waals surface area contributed by atoms with Crippen LogP contribution in [0.25, 0.3) is 11.1 Å². The first-order valence-corrected chi connectivity index (χ1v) is 14.2. The first kappa shape index (κ1) is 26.0. The fourth-order valence-corrected chi connectivity index (χ4v) is 5.72. The summed E-state index contributed by atoms with van der Waals surface area (Å²) in [6.07, 6.45) is 3.78. The third kappa shape index (κ3) is 6.20. The molecule has 0 aliphatic carbocycles. The average molecular weight is 509 g/mol. The van der Waals surface area contributed by atoms with E-state index < -0.39 is 10.0 Å². The maximum atomic E-state index is 13.5. The normalized spacial score (nSPS) is 19.3. The molecule has 5 nitrogen and oxygen atoms in total. The lowest BCUT2D eigenvalue weighted by atomic mass is 9.69. The van der Waals surface area contributed by atoms with Crippen molar-refractivity contribution in [2.75, 3.05) is 19.3 Å². The fraction of sp³-hybridized carbons (Fsp3) is 0.345. The quantitative estimate of drug-likeness (QED) is 0.391. The highest BCUT2D eigenvalue weighted by molar-refractivity contribution is 7.88. The second kappa shape index (κ2) is 10.9. The van der Waals surface area contributed by atoms with Gasteiger partial charge in [0.15, 0.2) is 0 Å². The molecule has 36 heavy (non-hydrogen) atoms. The first-order chi connectivity index (χ1) is 17.2. The van der Waals surface area contributed by atoms with Crippen LogP contribution in [0.4, 0.5) is 4.39 Å². The van der Waals surface area contributed by atoms with Gasteiger partial charge in [0.25, 0.3) is 0 Å². The summed E-state index contributed by atoms with van der Waals surface area (Å²) in [5.41, 5.74) is 3.83. The second-order valence-corrected chi connectivity index (χ2v) is 11.6. The van der Waals surface area contributed by atoms with Crippen LogP contribution < -0.4 is 4.72 Å². The molecule has 1 amide bonds. The molecule has 3 aromatic carbocycles. The Morgan fingerprint density at radius 1 is 0.972 bits per heavy atom. The molecule has 1 unspecified atom stereocenters. The third-order valence-corrected chi connectivity index (χ3v) is 7.99. The maximum Gasteiger partial charge on any atom is 0.223 e. The molecule has 3 aromatic rings. The van der Waals surface area contributed by atoms with Crippen molar-refractivity contribution in [2.24, 2.45) is 0 Å². The van der Waals surface area contributed by atoms with Gasteiger partial charge in [-0.05, 0) is 60.6 Å². The predicted octanol–water partition coefficient (Wildman–Crippen LogP) is 5.44. The second-order valence-electron chi connectivity index (χ2n) is 9.74. The van der Waals surface area contributed by atoms with Gasteiger partial charge in [0.05, 0.1) is 12.3 Å². The number of rotatable bonds is 9. The number of nitrogens with one attached hydrogen (secondary N) is 1. The summed E-state index contributed by atoms with van der Waals surface area (Å²) in [4.78, 5) is 15.4. The van der Waals surface area contributed by atoms with Crippen molar-refractivity contribution in [2.45, 2.75) is 44.1 Å². The summed E-state index contributed by atoms with van der Waals surface area (Å²) < 4.78 is 38.7. The number of amides is 1. The molecular formula is C29H33FN2O3S. The highest BCUT2D eigenvalue weighted by atomic mass is 32.2. The Hall–Kier alpha value is -3.03. The molecule has 1 N–H and O–H groups in total. The Morgan fingerprint density at radius 3 is 2.17 bits per heavy atom. The lowest BCUT2D eigenvalue weighted by Crippen LogP contribution is -2.47. The smallest absolute Gasteiger partial charge is 0.223 e. The van der Waals surface area contributed by atoms with E-state index in [1.54, 1.807) is 12.1 Å². The van der Waals surface area contributed by atoms with E-state index in [-0.39, 0.29) is 23.2 Å². The van der Waals surface area contributed by atoms with E-state index >= 15 is 0 Å². The largest absolute Gasteiger partial charge is 0.336 e. The summed E-state index contributed by atoms with van der Waals surface area (Å²) in [5, 5.41) is 0. The van der Waals surface area contributed by atoms with Gasteiger partial charge in [0.1, 0.15) is 5.82 Å². The number of hydrogen-bond acceptors (Lipinski definition) is 3. The van der Waals surface area contributed by atoms with E-state index in [2.05, 4.69) is 23.8 Å². The predicted molar refractivity (Wildman–Crippen MR) is 141 cm³/mol. The topological polar surface area (TPSA) is 66.5 Å². The van der Waals surface area contributed by atoms with E-state index in [1.807, 2.05) is 47.4 Å². The Labute approximate surface area is 213 Å². The molecule has 1 heterocycles. The van der Waals surface area contributed by atoms with Crippen molar-refractivity contribution in [3.8, 4) is 11.1 Å². The number of hydrogen-bond donors (Lipinski definition) is 1. The summed E-state index contributed by atoms with van der Waals surface area (Å²) in [6, 6.07) is 24.6. The van der Waals surface area contributed by atoms with Crippen LogP contribution in [0.5, 0.6) is 0 Å². The van der Waals surface area contributed by atoms with Crippen LogP contribution in [-0.2, 0) is 20.2 Å². The number of piperidine rings is 1. The number of carbonyl (C=O) groups is 1. The Bertz CT molecular complexity index is 1280. The minimum Gasteiger partial charge on any atom is -0.336 e. The molecule has 4 rings (SSSR count). The van der Waals surface area contributed by atoms with E-state index in [0.29, 0.717) is 25.9 Å². The monoisotopic (exact) mass is 508 g/mol.